The Bertz CT molecular complexity index is 353. The fraction of sp³-hybridized carbons (Fsp3) is 0.250. The number of nitrogens with zero attached hydrogens (tertiary/aromatic N) is 1. The van der Waals surface area contributed by atoms with E-state index >= 15 is 0 Å². The molecule has 0 amide bonds. The van der Waals surface area contributed by atoms with Crippen molar-refractivity contribution < 1.29 is 9.90 Å². The highest BCUT2D eigenvalue weighted by Gasteiger charge is 2.12. The lowest BCUT2D eigenvalue weighted by Gasteiger charge is -2.02. The predicted octanol–water partition coefficient (Wildman–Crippen LogP) is 0.574. The molecule has 1 aromatic rings. The molecule has 0 aliphatic heterocycles. The Balaban J connectivity index is 2.65. The number of carbonyl (C=O) groups is 1. The van der Waals surface area contributed by atoms with Crippen LogP contribution in [0.1, 0.15) is 10.4 Å². The molecule has 0 spiro atoms. The van der Waals surface area contributed by atoms with E-state index in [1.165, 1.54) is 11.3 Å². The summed E-state index contributed by atoms with van der Waals surface area (Å²) in [6, 6.07) is 2.75. The second-order valence-electron chi connectivity index (χ2n) is 2.58. The fourth-order valence-electron chi connectivity index (χ4n) is 0.883. The smallest absolute Gasteiger partial charge is 0.320 e. The first kappa shape index (κ1) is 9.71. The van der Waals surface area contributed by atoms with Crippen LogP contribution in [0.2, 0.25) is 0 Å². The maximum absolute atomic E-state index is 10.4. The molecule has 1 heterocycles. The van der Waals surface area contributed by atoms with Crippen LogP contribution in [0.5, 0.6) is 0 Å². The van der Waals surface area contributed by atoms with Crippen molar-refractivity contribution in [2.24, 2.45) is 5.73 Å². The van der Waals surface area contributed by atoms with Gasteiger partial charge in [-0.1, -0.05) is 0 Å². The summed E-state index contributed by atoms with van der Waals surface area (Å²) in [6.07, 6.45) is 0.271. The van der Waals surface area contributed by atoms with Crippen LogP contribution < -0.4 is 5.73 Å². The van der Waals surface area contributed by atoms with Crippen molar-refractivity contribution in [3.63, 3.8) is 0 Å². The molecule has 1 atom stereocenters. The minimum atomic E-state index is -1.02. The highest BCUT2D eigenvalue weighted by Crippen LogP contribution is 2.14. The standard InChI is InChI=1S/C8H8N2O2S/c9-3-6-1-5(4-13-6)2-7(10)8(11)12/h1,4,7H,2,10H2,(H,11,12)/t7-/m0/s1. The third-order valence-corrected chi connectivity index (χ3v) is 2.42. The van der Waals surface area contributed by atoms with E-state index in [9.17, 15) is 4.79 Å². The molecule has 0 saturated carbocycles. The van der Waals surface area contributed by atoms with Crippen LogP contribution in [0, 0.1) is 11.3 Å². The van der Waals surface area contributed by atoms with Crippen molar-refractivity contribution in [2.75, 3.05) is 0 Å². The van der Waals surface area contributed by atoms with Gasteiger partial charge in [0.2, 0.25) is 0 Å². The SMILES string of the molecule is N#Cc1cc(C[C@H](N)C(=O)O)cs1. The number of aliphatic carboxylic acids is 1. The Hall–Kier alpha value is -1.38. The Morgan fingerprint density at radius 3 is 3.00 bits per heavy atom. The second-order valence-corrected chi connectivity index (χ2v) is 3.49. The molecule has 0 unspecified atom stereocenters. The van der Waals surface area contributed by atoms with Gasteiger partial charge in [-0.05, 0) is 23.4 Å². The maximum Gasteiger partial charge on any atom is 0.320 e. The van der Waals surface area contributed by atoms with Gasteiger partial charge in [-0.3, -0.25) is 4.79 Å². The number of carboxylic acid groups (broad SMARTS) is 1. The lowest BCUT2D eigenvalue weighted by molar-refractivity contribution is -0.138. The van der Waals surface area contributed by atoms with Gasteiger partial charge < -0.3 is 10.8 Å². The number of hydrogen-bond donors (Lipinski definition) is 2. The number of carboxylic acids is 1. The van der Waals surface area contributed by atoms with Crippen LogP contribution in [0.15, 0.2) is 11.4 Å². The Kier molecular flexibility index (Phi) is 3.01. The summed E-state index contributed by atoms with van der Waals surface area (Å²) in [4.78, 5) is 11.0. The topological polar surface area (TPSA) is 87.1 Å². The molecule has 0 aliphatic rings. The van der Waals surface area contributed by atoms with Gasteiger partial charge in [-0.15, -0.1) is 11.3 Å². The van der Waals surface area contributed by atoms with Crippen molar-refractivity contribution >= 4 is 17.3 Å². The predicted molar refractivity (Wildman–Crippen MR) is 48.3 cm³/mol. The van der Waals surface area contributed by atoms with Crippen molar-refractivity contribution in [3.8, 4) is 6.07 Å². The number of nitriles is 1. The second kappa shape index (κ2) is 4.03. The van der Waals surface area contributed by atoms with Crippen molar-refractivity contribution in [1.29, 1.82) is 5.26 Å². The van der Waals surface area contributed by atoms with Crippen LogP contribution in [0.3, 0.4) is 0 Å². The number of nitrogens with two attached hydrogens (primary N) is 1. The monoisotopic (exact) mass is 196 g/mol. The van der Waals surface area contributed by atoms with Crippen LogP contribution in [-0.2, 0) is 11.2 Å². The summed E-state index contributed by atoms with van der Waals surface area (Å²) >= 11 is 1.29. The van der Waals surface area contributed by atoms with E-state index in [0.29, 0.717) is 4.88 Å². The molecule has 1 aromatic heterocycles. The zero-order valence-corrected chi connectivity index (χ0v) is 7.54. The van der Waals surface area contributed by atoms with E-state index in [2.05, 4.69) is 0 Å². The molecular formula is C8H8N2O2S. The lowest BCUT2D eigenvalue weighted by Crippen LogP contribution is -2.32. The average Bonchev–Trinajstić information content (AvgIpc) is 2.52. The summed E-state index contributed by atoms with van der Waals surface area (Å²) < 4.78 is 0. The molecule has 3 N–H and O–H groups in total. The Morgan fingerprint density at radius 2 is 2.54 bits per heavy atom. The highest BCUT2D eigenvalue weighted by molar-refractivity contribution is 7.10. The quantitative estimate of drug-likeness (QED) is 0.740. The van der Waals surface area contributed by atoms with Crippen molar-refractivity contribution in [2.45, 2.75) is 12.5 Å². The van der Waals surface area contributed by atoms with Crippen LogP contribution in [0.4, 0.5) is 0 Å². The van der Waals surface area contributed by atoms with Crippen LogP contribution in [-0.4, -0.2) is 17.1 Å². The Morgan fingerprint density at radius 1 is 1.85 bits per heavy atom. The van der Waals surface area contributed by atoms with Gasteiger partial charge in [-0.25, -0.2) is 0 Å². The van der Waals surface area contributed by atoms with Crippen LogP contribution in [0.25, 0.3) is 0 Å². The van der Waals surface area contributed by atoms with Crippen molar-refractivity contribution in [3.05, 3.63) is 21.9 Å². The van der Waals surface area contributed by atoms with Crippen LogP contribution >= 0.6 is 11.3 Å². The minimum absolute atomic E-state index is 0.271. The molecule has 1 rings (SSSR count). The number of rotatable bonds is 3. The molecule has 0 aliphatic carbocycles. The zero-order chi connectivity index (χ0) is 9.84. The number of hydrogen-bond acceptors (Lipinski definition) is 4. The third-order valence-electron chi connectivity index (χ3n) is 1.54. The molecule has 0 radical (unpaired) electrons. The fourth-order valence-corrected chi connectivity index (χ4v) is 1.60. The summed E-state index contributed by atoms with van der Waals surface area (Å²) in [5, 5.41) is 18.8. The lowest BCUT2D eigenvalue weighted by atomic mass is 10.1. The third kappa shape index (κ3) is 2.54. The van der Waals surface area contributed by atoms with E-state index in [4.69, 9.17) is 16.1 Å². The van der Waals surface area contributed by atoms with Gasteiger partial charge in [0, 0.05) is 0 Å². The first-order valence-corrected chi connectivity index (χ1v) is 4.47. The van der Waals surface area contributed by atoms with E-state index in [1.807, 2.05) is 6.07 Å². The molecule has 0 fully saturated rings. The van der Waals surface area contributed by atoms with E-state index in [-0.39, 0.29) is 6.42 Å². The number of thiophene rings is 1. The minimum Gasteiger partial charge on any atom is -0.480 e. The molecule has 0 saturated heterocycles. The normalized spacial score (nSPS) is 12.0. The average molecular weight is 196 g/mol. The van der Waals surface area contributed by atoms with Crippen molar-refractivity contribution in [1.82, 2.24) is 0 Å². The van der Waals surface area contributed by atoms with E-state index < -0.39 is 12.0 Å². The van der Waals surface area contributed by atoms with Gasteiger partial charge in [-0.2, -0.15) is 5.26 Å². The largest absolute Gasteiger partial charge is 0.480 e. The molecule has 13 heavy (non-hydrogen) atoms. The molecule has 4 nitrogen and oxygen atoms in total. The first-order chi connectivity index (χ1) is 6.13. The van der Waals surface area contributed by atoms with E-state index in [0.717, 1.165) is 5.56 Å². The summed E-state index contributed by atoms with van der Waals surface area (Å²) in [6.45, 7) is 0. The van der Waals surface area contributed by atoms with Gasteiger partial charge in [0.15, 0.2) is 0 Å². The highest BCUT2D eigenvalue weighted by atomic mass is 32.1. The molecule has 0 bridgehead atoms. The Labute approximate surface area is 79.2 Å². The zero-order valence-electron chi connectivity index (χ0n) is 6.73. The van der Waals surface area contributed by atoms with Gasteiger partial charge in [0.1, 0.15) is 17.0 Å². The molecule has 68 valence electrons. The first-order valence-electron chi connectivity index (χ1n) is 3.59. The summed E-state index contributed by atoms with van der Waals surface area (Å²) in [7, 11) is 0. The maximum atomic E-state index is 10.4. The summed E-state index contributed by atoms with van der Waals surface area (Å²) in [5.74, 6) is -1.02. The molecular weight excluding hydrogens is 188 g/mol. The summed E-state index contributed by atoms with van der Waals surface area (Å²) in [5.41, 5.74) is 6.12. The molecule has 0 aromatic carbocycles. The van der Waals surface area contributed by atoms with Gasteiger partial charge >= 0.3 is 5.97 Å². The molecule has 5 heteroatoms. The van der Waals surface area contributed by atoms with Gasteiger partial charge in [0.05, 0.1) is 0 Å². The van der Waals surface area contributed by atoms with E-state index in [1.54, 1.807) is 11.4 Å². The van der Waals surface area contributed by atoms with Gasteiger partial charge in [0.25, 0.3) is 0 Å².